The fourth-order valence-corrected chi connectivity index (χ4v) is 3.72. The quantitative estimate of drug-likeness (QED) is 0.389. The second kappa shape index (κ2) is 9.32. The number of aryl methyl sites for hydroxylation is 2. The molecule has 0 saturated heterocycles. The molecule has 0 aromatic heterocycles. The minimum Gasteiger partial charge on any atom is -0.222 e. The summed E-state index contributed by atoms with van der Waals surface area (Å²) < 4.78 is 45.7. The second-order valence-electron chi connectivity index (χ2n) is 5.82. The molecule has 3 aromatic rings. The van der Waals surface area contributed by atoms with Crippen LogP contribution in [0.25, 0.3) is 0 Å². The molecule has 8 heteroatoms. The van der Waals surface area contributed by atoms with Gasteiger partial charge in [-0.05, 0) is 55.3 Å². The molecule has 6 nitrogen and oxygen atoms in total. The zero-order chi connectivity index (χ0) is 19.9. The molecule has 3 rings (SSSR count). The van der Waals surface area contributed by atoms with Crippen LogP contribution in [0.15, 0.2) is 72.8 Å². The Balaban J connectivity index is 1.69. The highest BCUT2D eigenvalue weighted by molar-refractivity contribution is 7.34. The third-order valence-corrected chi connectivity index (χ3v) is 5.08. The summed E-state index contributed by atoms with van der Waals surface area (Å²) in [6.45, 7) is 3.61. The molecule has 0 aliphatic rings. The fraction of sp³-hybridized carbons (Fsp3) is 0.100. The lowest BCUT2D eigenvalue weighted by atomic mass is 10.1. The fourth-order valence-electron chi connectivity index (χ4n) is 2.34. The van der Waals surface area contributed by atoms with Gasteiger partial charge < -0.3 is 0 Å². The zero-order valence-electron chi connectivity index (χ0n) is 15.3. The van der Waals surface area contributed by atoms with E-state index in [2.05, 4.69) is 0 Å². The van der Waals surface area contributed by atoms with Crippen LogP contribution in [-0.4, -0.2) is 0 Å². The van der Waals surface area contributed by atoms with E-state index < -0.39 is 16.5 Å². The van der Waals surface area contributed by atoms with E-state index in [4.69, 9.17) is 18.1 Å². The van der Waals surface area contributed by atoms with Crippen LogP contribution < -0.4 is 18.1 Å². The standard InChI is InChI=1S/C20H18O6P2/c1-15-13-16(2)20(26-28(22)24-18-11-7-4-8-12-18)14-19(15)25-27(21)23-17-9-5-3-6-10-17/h3-14H,1-2H3/q+2. The van der Waals surface area contributed by atoms with E-state index in [0.717, 1.165) is 11.1 Å². The number of benzene rings is 3. The first-order valence-corrected chi connectivity index (χ1v) is 10.6. The van der Waals surface area contributed by atoms with E-state index in [1.807, 2.05) is 12.1 Å². The van der Waals surface area contributed by atoms with Crippen molar-refractivity contribution in [1.82, 2.24) is 0 Å². The van der Waals surface area contributed by atoms with Gasteiger partial charge in [0.05, 0.1) is 0 Å². The Hall–Kier alpha value is -2.94. The minimum atomic E-state index is -2.44. The lowest BCUT2D eigenvalue weighted by Crippen LogP contribution is -1.95. The summed E-state index contributed by atoms with van der Waals surface area (Å²) in [5.74, 6) is 1.48. The first-order chi connectivity index (χ1) is 13.5. The molecule has 0 aliphatic carbocycles. The Kier molecular flexibility index (Phi) is 6.59. The first-order valence-electron chi connectivity index (χ1n) is 8.39. The van der Waals surface area contributed by atoms with Crippen molar-refractivity contribution >= 4 is 16.5 Å². The highest BCUT2D eigenvalue weighted by atomic mass is 31.1. The van der Waals surface area contributed by atoms with Crippen LogP contribution in [0.1, 0.15) is 11.1 Å². The summed E-state index contributed by atoms with van der Waals surface area (Å²) in [5, 5.41) is 0. The van der Waals surface area contributed by atoms with Crippen LogP contribution >= 0.6 is 16.5 Å². The van der Waals surface area contributed by atoms with E-state index in [1.54, 1.807) is 68.4 Å². The van der Waals surface area contributed by atoms with Gasteiger partial charge >= 0.3 is 16.5 Å². The second-order valence-corrected chi connectivity index (χ2v) is 7.45. The summed E-state index contributed by atoms with van der Waals surface area (Å²) in [7, 11) is -4.88. The van der Waals surface area contributed by atoms with Crippen molar-refractivity contribution in [3.8, 4) is 23.0 Å². The molecule has 142 valence electrons. The van der Waals surface area contributed by atoms with E-state index in [-0.39, 0.29) is 0 Å². The van der Waals surface area contributed by atoms with Crippen LogP contribution in [-0.2, 0) is 9.13 Å². The Morgan fingerprint density at radius 2 is 0.964 bits per heavy atom. The lowest BCUT2D eigenvalue weighted by molar-refractivity contribution is 0.407. The maximum absolute atomic E-state index is 12.2. The summed E-state index contributed by atoms with van der Waals surface area (Å²) >= 11 is 0. The van der Waals surface area contributed by atoms with Gasteiger partial charge in [0.2, 0.25) is 0 Å². The normalized spacial score (nSPS) is 11.4. The van der Waals surface area contributed by atoms with Gasteiger partial charge in [-0.1, -0.05) is 36.4 Å². The smallest absolute Gasteiger partial charge is 0.222 e. The number of rotatable bonds is 8. The van der Waals surface area contributed by atoms with Gasteiger partial charge in [0, 0.05) is 15.2 Å². The SMILES string of the molecule is Cc1cc(C)c(O[P+](=O)Oc2ccccc2)cc1O[P+](=O)Oc1ccccc1. The molecule has 0 N–H and O–H groups in total. The van der Waals surface area contributed by atoms with Gasteiger partial charge in [-0.2, -0.15) is 0 Å². The van der Waals surface area contributed by atoms with Crippen molar-refractivity contribution in [2.24, 2.45) is 0 Å². The van der Waals surface area contributed by atoms with E-state index >= 15 is 0 Å². The first kappa shape index (κ1) is 19.8. The van der Waals surface area contributed by atoms with Crippen LogP contribution in [0, 0.1) is 13.8 Å². The molecule has 0 heterocycles. The molecular formula is C20H18O6P2+2. The Morgan fingerprint density at radius 1 is 0.571 bits per heavy atom. The Morgan fingerprint density at radius 3 is 1.36 bits per heavy atom. The third-order valence-electron chi connectivity index (χ3n) is 3.66. The average Bonchev–Trinajstić information content (AvgIpc) is 2.67. The third kappa shape index (κ3) is 5.53. The average molecular weight is 416 g/mol. The molecule has 0 aliphatic heterocycles. The zero-order valence-corrected chi connectivity index (χ0v) is 17.1. The minimum absolute atomic E-state index is 0.306. The molecule has 0 radical (unpaired) electrons. The molecule has 0 saturated carbocycles. The Labute approximate surface area is 164 Å². The van der Waals surface area contributed by atoms with Gasteiger partial charge in [-0.3, -0.25) is 0 Å². The largest absolute Gasteiger partial charge is 0.805 e. The maximum Gasteiger partial charge on any atom is 0.805 e. The monoisotopic (exact) mass is 416 g/mol. The number of hydrogen-bond acceptors (Lipinski definition) is 6. The Bertz CT molecular complexity index is 900. The summed E-state index contributed by atoms with van der Waals surface area (Å²) in [5.41, 5.74) is 1.48. The molecular weight excluding hydrogens is 398 g/mol. The van der Waals surface area contributed by atoms with Crippen molar-refractivity contribution in [3.05, 3.63) is 83.9 Å². The van der Waals surface area contributed by atoms with Gasteiger partial charge in [-0.25, -0.2) is 18.1 Å². The highest BCUT2D eigenvalue weighted by Crippen LogP contribution is 2.39. The van der Waals surface area contributed by atoms with Crippen LogP contribution in [0.3, 0.4) is 0 Å². The van der Waals surface area contributed by atoms with Crippen molar-refractivity contribution in [1.29, 1.82) is 0 Å². The van der Waals surface area contributed by atoms with Crippen molar-refractivity contribution in [2.45, 2.75) is 13.8 Å². The molecule has 0 fully saturated rings. The van der Waals surface area contributed by atoms with Gasteiger partial charge in [0.25, 0.3) is 0 Å². The van der Waals surface area contributed by atoms with Crippen molar-refractivity contribution in [3.63, 3.8) is 0 Å². The molecule has 0 amide bonds. The highest BCUT2D eigenvalue weighted by Gasteiger charge is 2.29. The van der Waals surface area contributed by atoms with E-state index in [9.17, 15) is 9.13 Å². The summed E-state index contributed by atoms with van der Waals surface area (Å²) in [6.07, 6.45) is 0. The van der Waals surface area contributed by atoms with Crippen molar-refractivity contribution < 1.29 is 27.2 Å². The summed E-state index contributed by atoms with van der Waals surface area (Å²) in [6, 6.07) is 20.7. The van der Waals surface area contributed by atoms with Gasteiger partial charge in [0.15, 0.2) is 23.0 Å². The molecule has 2 unspecified atom stereocenters. The van der Waals surface area contributed by atoms with Crippen LogP contribution in [0.5, 0.6) is 23.0 Å². The predicted molar refractivity (Wildman–Crippen MR) is 107 cm³/mol. The molecule has 3 aromatic carbocycles. The predicted octanol–water partition coefficient (Wildman–Crippen LogP) is 6.53. The number of para-hydroxylation sites is 2. The van der Waals surface area contributed by atoms with Crippen LogP contribution in [0.2, 0.25) is 0 Å². The summed E-state index contributed by atoms with van der Waals surface area (Å²) in [4.78, 5) is 0. The molecule has 28 heavy (non-hydrogen) atoms. The van der Waals surface area contributed by atoms with E-state index in [0.29, 0.717) is 23.0 Å². The van der Waals surface area contributed by atoms with Crippen molar-refractivity contribution in [2.75, 3.05) is 0 Å². The number of hydrogen-bond donors (Lipinski definition) is 0. The lowest BCUT2D eigenvalue weighted by Gasteiger charge is -2.04. The van der Waals surface area contributed by atoms with Crippen LogP contribution in [0.4, 0.5) is 0 Å². The van der Waals surface area contributed by atoms with E-state index in [1.165, 1.54) is 6.07 Å². The molecule has 2 atom stereocenters. The van der Waals surface area contributed by atoms with Gasteiger partial charge in [0.1, 0.15) is 0 Å². The molecule has 0 spiro atoms. The maximum atomic E-state index is 12.2. The molecule has 0 bridgehead atoms. The van der Waals surface area contributed by atoms with Gasteiger partial charge in [-0.15, -0.1) is 0 Å². The topological polar surface area (TPSA) is 71.1 Å².